The number of rotatable bonds is 6. The van der Waals surface area contributed by atoms with Crippen molar-refractivity contribution in [1.29, 1.82) is 0 Å². The lowest BCUT2D eigenvalue weighted by Crippen LogP contribution is -2.45. The molecular weight excluding hydrogens is 412 g/mol. The van der Waals surface area contributed by atoms with Crippen molar-refractivity contribution in [3.05, 3.63) is 58.4 Å². The van der Waals surface area contributed by atoms with E-state index >= 15 is 0 Å². The maximum atomic E-state index is 14.6. The first-order valence-corrected chi connectivity index (χ1v) is 9.58. The lowest BCUT2D eigenvalue weighted by molar-refractivity contribution is -0.274. The molecule has 2 aromatic carbocycles. The minimum atomic E-state index is -4.76. The van der Waals surface area contributed by atoms with E-state index in [2.05, 4.69) is 15.0 Å². The van der Waals surface area contributed by atoms with E-state index in [1.807, 2.05) is 0 Å². The van der Waals surface area contributed by atoms with E-state index in [9.17, 15) is 17.6 Å². The van der Waals surface area contributed by atoms with Crippen LogP contribution in [0, 0.1) is 5.82 Å². The molecule has 0 aromatic heterocycles. The van der Waals surface area contributed by atoms with Gasteiger partial charge in [0.2, 0.25) is 0 Å². The third-order valence-corrected chi connectivity index (χ3v) is 4.85. The molecule has 4 nitrogen and oxygen atoms in total. The van der Waals surface area contributed by atoms with Gasteiger partial charge < -0.3 is 14.8 Å². The molecule has 0 amide bonds. The summed E-state index contributed by atoms with van der Waals surface area (Å²) in [6.45, 7) is 4.89. The zero-order valence-corrected chi connectivity index (χ0v) is 16.5. The van der Waals surface area contributed by atoms with E-state index < -0.39 is 12.2 Å². The minimum absolute atomic E-state index is 0.00842. The van der Waals surface area contributed by atoms with Crippen LogP contribution >= 0.6 is 11.6 Å². The number of alkyl halides is 3. The Morgan fingerprint density at radius 3 is 2.31 bits per heavy atom. The fraction of sp³-hybridized carbons (Fsp3) is 0.400. The fourth-order valence-electron chi connectivity index (χ4n) is 3.43. The highest BCUT2D eigenvalue weighted by molar-refractivity contribution is 6.32. The molecule has 0 spiro atoms. The van der Waals surface area contributed by atoms with Gasteiger partial charge in [0.05, 0.1) is 17.7 Å². The summed E-state index contributed by atoms with van der Waals surface area (Å²) in [7, 11) is 0. The van der Waals surface area contributed by atoms with Gasteiger partial charge in [0.15, 0.2) is 11.6 Å². The second-order valence-corrected chi connectivity index (χ2v) is 6.96. The summed E-state index contributed by atoms with van der Waals surface area (Å²) in [5.41, 5.74) is 1.31. The van der Waals surface area contributed by atoms with E-state index in [1.54, 1.807) is 25.1 Å². The van der Waals surface area contributed by atoms with E-state index in [1.165, 1.54) is 18.2 Å². The second kappa shape index (κ2) is 9.19. The summed E-state index contributed by atoms with van der Waals surface area (Å²) < 4.78 is 61.1. The Balaban J connectivity index is 1.97. The number of nitrogens with one attached hydrogen (secondary N) is 1. The van der Waals surface area contributed by atoms with E-state index in [-0.39, 0.29) is 29.2 Å². The zero-order valence-electron chi connectivity index (χ0n) is 15.7. The summed E-state index contributed by atoms with van der Waals surface area (Å²) in [5.74, 6) is -0.895. The van der Waals surface area contributed by atoms with Crippen molar-refractivity contribution < 1.29 is 27.0 Å². The summed E-state index contributed by atoms with van der Waals surface area (Å²) in [4.78, 5) is 2.13. The zero-order chi connectivity index (χ0) is 21.0. The van der Waals surface area contributed by atoms with Crippen molar-refractivity contribution in [1.82, 2.24) is 10.2 Å². The highest BCUT2D eigenvalue weighted by Gasteiger charge is 2.31. The van der Waals surface area contributed by atoms with Gasteiger partial charge in [-0.25, -0.2) is 4.39 Å². The first kappa shape index (κ1) is 21.7. The summed E-state index contributed by atoms with van der Waals surface area (Å²) in [5, 5.41) is 3.40. The molecule has 158 valence electrons. The molecule has 29 heavy (non-hydrogen) atoms. The van der Waals surface area contributed by atoms with Crippen LogP contribution in [0.1, 0.15) is 24.1 Å². The smallest absolute Gasteiger partial charge is 0.489 e. The molecule has 3 rings (SSSR count). The van der Waals surface area contributed by atoms with Gasteiger partial charge in [-0.15, -0.1) is 13.2 Å². The minimum Gasteiger partial charge on any atom is -0.489 e. The molecule has 1 aliphatic heterocycles. The van der Waals surface area contributed by atoms with Gasteiger partial charge in [-0.05, 0) is 42.3 Å². The van der Waals surface area contributed by atoms with Crippen LogP contribution in [0.25, 0.3) is 0 Å². The average Bonchev–Trinajstić information content (AvgIpc) is 2.66. The molecule has 2 aromatic rings. The van der Waals surface area contributed by atoms with Crippen LogP contribution in [0.4, 0.5) is 17.6 Å². The normalized spacial score (nSPS) is 16.5. The summed E-state index contributed by atoms with van der Waals surface area (Å²) in [6, 6.07) is 8.24. The van der Waals surface area contributed by atoms with Gasteiger partial charge in [-0.3, -0.25) is 4.90 Å². The molecule has 1 fully saturated rings. The summed E-state index contributed by atoms with van der Waals surface area (Å²) >= 11 is 6.24. The molecule has 0 aliphatic carbocycles. The Morgan fingerprint density at radius 2 is 1.76 bits per heavy atom. The molecule has 0 radical (unpaired) electrons. The number of halogens is 5. The third-order valence-electron chi connectivity index (χ3n) is 4.57. The van der Waals surface area contributed by atoms with Crippen molar-refractivity contribution in [2.75, 3.05) is 32.8 Å². The quantitative estimate of drug-likeness (QED) is 0.667. The number of hydrogen-bond donors (Lipinski definition) is 1. The Morgan fingerprint density at radius 1 is 1.10 bits per heavy atom. The van der Waals surface area contributed by atoms with Crippen LogP contribution in [0.5, 0.6) is 11.5 Å². The maximum Gasteiger partial charge on any atom is 0.573 e. The Kier molecular flexibility index (Phi) is 6.87. The molecule has 9 heteroatoms. The van der Waals surface area contributed by atoms with Gasteiger partial charge in [0.1, 0.15) is 5.75 Å². The molecular formula is C20H21ClF4N2O2. The number of piperazine rings is 1. The fourth-order valence-corrected chi connectivity index (χ4v) is 3.70. The first-order valence-electron chi connectivity index (χ1n) is 9.20. The number of hydrogen-bond acceptors (Lipinski definition) is 4. The highest BCUT2D eigenvalue weighted by Crippen LogP contribution is 2.37. The molecule has 1 N–H and O–H groups in total. The van der Waals surface area contributed by atoms with Crippen LogP contribution in [0.3, 0.4) is 0 Å². The predicted molar refractivity (Wildman–Crippen MR) is 102 cm³/mol. The first-order chi connectivity index (χ1) is 13.8. The van der Waals surface area contributed by atoms with Crippen LogP contribution < -0.4 is 14.8 Å². The maximum absolute atomic E-state index is 14.6. The standard InChI is InChI=1S/C20H21ClF4N2O2/c1-2-28-19-16(21)11-14(12-17(19)22)18(27-9-7-26-8-10-27)13-3-5-15(6-4-13)29-20(23,24)25/h3-6,11-12,18,26H,2,7-10H2,1H3/t18-/m1/s1. The lowest BCUT2D eigenvalue weighted by atomic mass is 9.96. The Labute approximate surface area is 171 Å². The molecule has 1 atom stereocenters. The Bertz CT molecular complexity index is 801. The van der Waals surface area contributed by atoms with E-state index in [0.717, 1.165) is 13.1 Å². The number of ether oxygens (including phenoxy) is 2. The SMILES string of the molecule is CCOc1c(F)cc([C@@H](c2ccc(OC(F)(F)F)cc2)N2CCNCC2)cc1Cl. The van der Waals surface area contributed by atoms with Crippen molar-refractivity contribution in [3.8, 4) is 11.5 Å². The van der Waals surface area contributed by atoms with Gasteiger partial charge in [-0.1, -0.05) is 23.7 Å². The van der Waals surface area contributed by atoms with Gasteiger partial charge in [0.25, 0.3) is 0 Å². The van der Waals surface area contributed by atoms with E-state index in [0.29, 0.717) is 24.2 Å². The van der Waals surface area contributed by atoms with Gasteiger partial charge in [-0.2, -0.15) is 0 Å². The second-order valence-electron chi connectivity index (χ2n) is 6.55. The van der Waals surface area contributed by atoms with Gasteiger partial charge in [0, 0.05) is 26.2 Å². The largest absolute Gasteiger partial charge is 0.573 e. The van der Waals surface area contributed by atoms with E-state index in [4.69, 9.17) is 16.3 Å². The number of nitrogens with zero attached hydrogens (tertiary/aromatic N) is 1. The molecule has 1 aliphatic rings. The Hall–Kier alpha value is -2.03. The van der Waals surface area contributed by atoms with Crippen molar-refractivity contribution >= 4 is 11.6 Å². The molecule has 1 saturated heterocycles. The monoisotopic (exact) mass is 432 g/mol. The molecule has 1 heterocycles. The lowest BCUT2D eigenvalue weighted by Gasteiger charge is -2.36. The molecule has 0 bridgehead atoms. The molecule has 0 saturated carbocycles. The van der Waals surface area contributed by atoms with Crippen LogP contribution in [-0.4, -0.2) is 44.0 Å². The number of benzene rings is 2. The average molecular weight is 433 g/mol. The van der Waals surface area contributed by atoms with Crippen molar-refractivity contribution in [2.24, 2.45) is 0 Å². The van der Waals surface area contributed by atoms with Gasteiger partial charge >= 0.3 is 6.36 Å². The third kappa shape index (κ3) is 5.52. The van der Waals surface area contributed by atoms with Crippen LogP contribution in [-0.2, 0) is 0 Å². The summed E-state index contributed by atoms with van der Waals surface area (Å²) in [6.07, 6.45) is -4.76. The molecule has 0 unspecified atom stereocenters. The van der Waals surface area contributed by atoms with Crippen molar-refractivity contribution in [3.63, 3.8) is 0 Å². The highest BCUT2D eigenvalue weighted by atomic mass is 35.5. The predicted octanol–water partition coefficient (Wildman–Crippen LogP) is 4.77. The topological polar surface area (TPSA) is 33.7 Å². The van der Waals surface area contributed by atoms with Crippen LogP contribution in [0.15, 0.2) is 36.4 Å². The van der Waals surface area contributed by atoms with Crippen LogP contribution in [0.2, 0.25) is 5.02 Å². The van der Waals surface area contributed by atoms with Crippen molar-refractivity contribution in [2.45, 2.75) is 19.3 Å².